The summed E-state index contributed by atoms with van der Waals surface area (Å²) in [6, 6.07) is 10.1. The zero-order valence-electron chi connectivity index (χ0n) is 11.0. The molecular weight excluding hydrogens is 254 g/mol. The predicted octanol–water partition coefficient (Wildman–Crippen LogP) is 2.23. The molecule has 4 heteroatoms. The summed E-state index contributed by atoms with van der Waals surface area (Å²) in [6.45, 7) is 0.882. The van der Waals surface area contributed by atoms with Gasteiger partial charge in [-0.05, 0) is 60.3 Å². The molecular formula is C16H17NO3. The molecule has 1 atom stereocenters. The van der Waals surface area contributed by atoms with Crippen LogP contribution >= 0.6 is 0 Å². The number of nitrogens with one attached hydrogen (secondary N) is 1. The summed E-state index contributed by atoms with van der Waals surface area (Å²) in [4.78, 5) is 0. The van der Waals surface area contributed by atoms with E-state index in [2.05, 4.69) is 5.32 Å². The maximum Gasteiger partial charge on any atom is 0.119 e. The van der Waals surface area contributed by atoms with Crippen molar-refractivity contribution in [2.24, 2.45) is 0 Å². The molecule has 0 saturated carbocycles. The standard InChI is InChI=1S/C16H17NO3/c18-12-2-1-11-3-4-17-16(15(11)9-12)7-10-5-13(19)8-14(20)6-10/h1-2,5-6,8-9,16-20H,3-4,7H2. The van der Waals surface area contributed by atoms with Crippen LogP contribution in [0.4, 0.5) is 0 Å². The van der Waals surface area contributed by atoms with E-state index >= 15 is 0 Å². The summed E-state index contributed by atoms with van der Waals surface area (Å²) in [6.07, 6.45) is 1.59. The van der Waals surface area contributed by atoms with Crippen LogP contribution in [0.2, 0.25) is 0 Å². The Morgan fingerprint density at radius 1 is 0.950 bits per heavy atom. The summed E-state index contributed by atoms with van der Waals surface area (Å²) in [5.74, 6) is 0.384. The van der Waals surface area contributed by atoms with Crippen molar-refractivity contribution in [3.8, 4) is 17.2 Å². The smallest absolute Gasteiger partial charge is 0.119 e. The lowest BCUT2D eigenvalue weighted by atomic mass is 9.90. The minimum Gasteiger partial charge on any atom is -0.508 e. The average molecular weight is 271 g/mol. The van der Waals surface area contributed by atoms with Crippen LogP contribution in [0, 0.1) is 0 Å². The van der Waals surface area contributed by atoms with E-state index in [0.717, 1.165) is 24.1 Å². The van der Waals surface area contributed by atoms with Gasteiger partial charge in [-0.2, -0.15) is 0 Å². The number of fused-ring (bicyclic) bond motifs is 1. The van der Waals surface area contributed by atoms with Crippen LogP contribution in [0.15, 0.2) is 36.4 Å². The third kappa shape index (κ3) is 2.56. The van der Waals surface area contributed by atoms with E-state index in [1.54, 1.807) is 24.3 Å². The molecule has 104 valence electrons. The third-order valence-electron chi connectivity index (χ3n) is 3.69. The topological polar surface area (TPSA) is 72.7 Å². The predicted molar refractivity (Wildman–Crippen MR) is 76.0 cm³/mol. The number of phenols is 3. The molecule has 0 amide bonds. The van der Waals surface area contributed by atoms with Gasteiger partial charge in [0, 0.05) is 12.1 Å². The maximum absolute atomic E-state index is 9.65. The molecule has 0 aromatic heterocycles. The van der Waals surface area contributed by atoms with Gasteiger partial charge in [0.1, 0.15) is 17.2 Å². The molecule has 1 unspecified atom stereocenters. The van der Waals surface area contributed by atoms with Gasteiger partial charge in [-0.3, -0.25) is 0 Å². The number of hydrogen-bond donors (Lipinski definition) is 4. The Bertz CT molecular complexity index is 619. The molecule has 2 aromatic rings. The summed E-state index contributed by atoms with van der Waals surface area (Å²) < 4.78 is 0. The highest BCUT2D eigenvalue weighted by atomic mass is 16.3. The number of aromatic hydroxyl groups is 3. The van der Waals surface area contributed by atoms with Gasteiger partial charge in [0.25, 0.3) is 0 Å². The molecule has 0 saturated heterocycles. The third-order valence-corrected chi connectivity index (χ3v) is 3.69. The Morgan fingerprint density at radius 3 is 2.45 bits per heavy atom. The van der Waals surface area contributed by atoms with E-state index < -0.39 is 0 Å². The van der Waals surface area contributed by atoms with Crippen LogP contribution in [-0.2, 0) is 12.8 Å². The van der Waals surface area contributed by atoms with Crippen LogP contribution < -0.4 is 5.32 Å². The first kappa shape index (κ1) is 12.8. The second-order valence-electron chi connectivity index (χ2n) is 5.20. The molecule has 3 rings (SSSR count). The molecule has 0 fully saturated rings. The molecule has 0 aliphatic carbocycles. The van der Waals surface area contributed by atoms with Gasteiger partial charge >= 0.3 is 0 Å². The molecule has 2 aromatic carbocycles. The number of phenolic OH excluding ortho intramolecular Hbond substituents is 3. The van der Waals surface area contributed by atoms with E-state index in [9.17, 15) is 15.3 Å². The second kappa shape index (κ2) is 5.06. The van der Waals surface area contributed by atoms with Crippen LogP contribution in [0.25, 0.3) is 0 Å². The zero-order chi connectivity index (χ0) is 14.1. The zero-order valence-corrected chi connectivity index (χ0v) is 11.0. The summed E-state index contributed by atoms with van der Waals surface area (Å²) in [5, 5.41) is 32.2. The van der Waals surface area contributed by atoms with Gasteiger partial charge < -0.3 is 20.6 Å². The molecule has 1 heterocycles. The highest BCUT2D eigenvalue weighted by molar-refractivity contribution is 5.41. The first-order valence-corrected chi connectivity index (χ1v) is 6.69. The largest absolute Gasteiger partial charge is 0.508 e. The first-order valence-electron chi connectivity index (χ1n) is 6.69. The lowest BCUT2D eigenvalue weighted by molar-refractivity contribution is 0.445. The fourth-order valence-electron chi connectivity index (χ4n) is 2.82. The van der Waals surface area contributed by atoms with Crippen LogP contribution in [0.3, 0.4) is 0 Å². The van der Waals surface area contributed by atoms with Crippen molar-refractivity contribution in [1.29, 1.82) is 0 Å². The molecule has 1 aliphatic rings. The van der Waals surface area contributed by atoms with Gasteiger partial charge in [0.15, 0.2) is 0 Å². The van der Waals surface area contributed by atoms with Gasteiger partial charge in [-0.1, -0.05) is 6.07 Å². The van der Waals surface area contributed by atoms with Gasteiger partial charge in [-0.15, -0.1) is 0 Å². The summed E-state index contributed by atoms with van der Waals surface area (Å²) in [7, 11) is 0. The van der Waals surface area contributed by atoms with Crippen molar-refractivity contribution in [2.45, 2.75) is 18.9 Å². The van der Waals surface area contributed by atoms with Crippen LogP contribution in [-0.4, -0.2) is 21.9 Å². The fourth-order valence-corrected chi connectivity index (χ4v) is 2.82. The van der Waals surface area contributed by atoms with Crippen molar-refractivity contribution in [3.63, 3.8) is 0 Å². The maximum atomic E-state index is 9.65. The van der Waals surface area contributed by atoms with Crippen molar-refractivity contribution in [2.75, 3.05) is 6.54 Å². The number of benzene rings is 2. The first-order chi connectivity index (χ1) is 9.61. The normalized spacial score (nSPS) is 17.7. The lowest BCUT2D eigenvalue weighted by Gasteiger charge is -2.27. The molecule has 20 heavy (non-hydrogen) atoms. The van der Waals surface area contributed by atoms with E-state index in [1.807, 2.05) is 6.07 Å². The summed E-state index contributed by atoms with van der Waals surface area (Å²) in [5.41, 5.74) is 3.17. The number of hydrogen-bond acceptors (Lipinski definition) is 4. The quantitative estimate of drug-likeness (QED) is 0.676. The van der Waals surface area contributed by atoms with E-state index in [0.29, 0.717) is 6.42 Å². The monoisotopic (exact) mass is 271 g/mol. The Labute approximate surface area is 117 Å². The van der Waals surface area contributed by atoms with Crippen molar-refractivity contribution in [3.05, 3.63) is 53.1 Å². The molecule has 0 bridgehead atoms. The number of rotatable bonds is 2. The van der Waals surface area contributed by atoms with Crippen LogP contribution in [0.5, 0.6) is 17.2 Å². The van der Waals surface area contributed by atoms with Gasteiger partial charge in [0.2, 0.25) is 0 Å². The highest BCUT2D eigenvalue weighted by Gasteiger charge is 2.20. The van der Waals surface area contributed by atoms with Crippen molar-refractivity contribution in [1.82, 2.24) is 5.32 Å². The molecule has 4 N–H and O–H groups in total. The average Bonchev–Trinajstić information content (AvgIpc) is 2.38. The van der Waals surface area contributed by atoms with Gasteiger partial charge in [0.05, 0.1) is 0 Å². The van der Waals surface area contributed by atoms with Crippen molar-refractivity contribution >= 4 is 0 Å². The Kier molecular flexibility index (Phi) is 3.24. The van der Waals surface area contributed by atoms with Crippen LogP contribution in [0.1, 0.15) is 22.7 Å². The highest BCUT2D eigenvalue weighted by Crippen LogP contribution is 2.30. The second-order valence-corrected chi connectivity index (χ2v) is 5.20. The van der Waals surface area contributed by atoms with E-state index in [-0.39, 0.29) is 23.3 Å². The minimum atomic E-state index is 0.0620. The minimum absolute atomic E-state index is 0.0620. The summed E-state index contributed by atoms with van der Waals surface area (Å²) >= 11 is 0. The molecule has 4 nitrogen and oxygen atoms in total. The van der Waals surface area contributed by atoms with Crippen molar-refractivity contribution < 1.29 is 15.3 Å². The van der Waals surface area contributed by atoms with E-state index in [1.165, 1.54) is 11.6 Å². The van der Waals surface area contributed by atoms with Gasteiger partial charge in [-0.25, -0.2) is 0 Å². The Balaban J connectivity index is 1.91. The Morgan fingerprint density at radius 2 is 1.70 bits per heavy atom. The van der Waals surface area contributed by atoms with E-state index in [4.69, 9.17) is 0 Å². The molecule has 0 spiro atoms. The lowest BCUT2D eigenvalue weighted by Crippen LogP contribution is -2.31. The SMILES string of the molecule is Oc1cc(O)cc(CC2NCCc3ccc(O)cc32)c1. The molecule has 0 radical (unpaired) electrons. The Hall–Kier alpha value is -2.20. The fraction of sp³-hybridized carbons (Fsp3) is 0.250. The molecule has 1 aliphatic heterocycles.